The number of nitrogens with one attached hydrogen (secondary N) is 1. The molecule has 0 aliphatic heterocycles. The van der Waals surface area contributed by atoms with E-state index in [4.69, 9.17) is 0 Å². The lowest BCUT2D eigenvalue weighted by Crippen LogP contribution is -2.19. The van der Waals surface area contributed by atoms with Gasteiger partial charge < -0.3 is 10.2 Å². The Morgan fingerprint density at radius 2 is 1.94 bits per heavy atom. The van der Waals surface area contributed by atoms with Crippen LogP contribution in [0.5, 0.6) is 0 Å². The summed E-state index contributed by atoms with van der Waals surface area (Å²) in [5.41, 5.74) is 3.72. The molecule has 1 rings (SSSR count). The van der Waals surface area contributed by atoms with Gasteiger partial charge in [0.1, 0.15) is 0 Å². The van der Waals surface area contributed by atoms with Gasteiger partial charge >= 0.3 is 0 Å². The molecule has 1 atom stereocenters. The molecule has 1 aromatic carbocycles. The summed E-state index contributed by atoms with van der Waals surface area (Å²) in [5, 5.41) is 3.23. The van der Waals surface area contributed by atoms with Gasteiger partial charge in [-0.05, 0) is 38.6 Å². The summed E-state index contributed by atoms with van der Waals surface area (Å²) in [4.78, 5) is 2.20. The molecule has 1 unspecified atom stereocenters. The molecular weight excluding hydrogens is 196 g/mol. The molecular formula is C14H22N2. The Labute approximate surface area is 99.0 Å². The van der Waals surface area contributed by atoms with Gasteiger partial charge in [-0.15, -0.1) is 0 Å². The number of nitrogens with zero attached hydrogens (tertiary/aromatic N) is 1. The summed E-state index contributed by atoms with van der Waals surface area (Å²) in [6.07, 6.45) is 0. The molecule has 0 spiro atoms. The second-order valence-electron chi connectivity index (χ2n) is 4.42. The first-order valence-electron chi connectivity index (χ1n) is 5.67. The van der Waals surface area contributed by atoms with Gasteiger partial charge in [-0.3, -0.25) is 0 Å². The van der Waals surface area contributed by atoms with E-state index in [-0.39, 0.29) is 0 Å². The second-order valence-corrected chi connectivity index (χ2v) is 4.42. The molecule has 2 heteroatoms. The number of hydrogen-bond donors (Lipinski definition) is 1. The standard InChI is InChI=1S/C14H22N2/c1-11(2)10-16(5)14-8-6-13(7-9-14)12(3)15-4/h6-9,12,15H,1,10H2,2-5H3. The van der Waals surface area contributed by atoms with Crippen LogP contribution in [0.25, 0.3) is 0 Å². The van der Waals surface area contributed by atoms with Crippen molar-refractivity contribution in [2.45, 2.75) is 19.9 Å². The molecule has 1 aromatic rings. The van der Waals surface area contributed by atoms with Crippen molar-refractivity contribution in [1.82, 2.24) is 5.32 Å². The molecule has 88 valence electrons. The predicted molar refractivity (Wildman–Crippen MR) is 72.0 cm³/mol. The number of hydrogen-bond acceptors (Lipinski definition) is 2. The fourth-order valence-corrected chi connectivity index (χ4v) is 1.68. The number of likely N-dealkylation sites (N-methyl/N-ethyl adjacent to an activating group) is 1. The maximum absolute atomic E-state index is 3.93. The third-order valence-corrected chi connectivity index (χ3v) is 2.77. The van der Waals surface area contributed by atoms with Crippen LogP contribution in [0.3, 0.4) is 0 Å². The minimum Gasteiger partial charge on any atom is -0.371 e. The van der Waals surface area contributed by atoms with E-state index in [0.29, 0.717) is 6.04 Å². The first-order valence-corrected chi connectivity index (χ1v) is 5.67. The quantitative estimate of drug-likeness (QED) is 0.764. The van der Waals surface area contributed by atoms with Gasteiger partial charge in [0.15, 0.2) is 0 Å². The number of benzene rings is 1. The van der Waals surface area contributed by atoms with Gasteiger partial charge in [-0.2, -0.15) is 0 Å². The van der Waals surface area contributed by atoms with Crippen LogP contribution in [0.2, 0.25) is 0 Å². The van der Waals surface area contributed by atoms with E-state index in [1.54, 1.807) is 0 Å². The molecule has 0 radical (unpaired) electrons. The zero-order chi connectivity index (χ0) is 12.1. The lowest BCUT2D eigenvalue weighted by Gasteiger charge is -2.20. The Kier molecular flexibility index (Phi) is 4.56. The van der Waals surface area contributed by atoms with Gasteiger partial charge in [0.05, 0.1) is 0 Å². The molecule has 16 heavy (non-hydrogen) atoms. The third-order valence-electron chi connectivity index (χ3n) is 2.77. The van der Waals surface area contributed by atoms with E-state index < -0.39 is 0 Å². The van der Waals surface area contributed by atoms with E-state index >= 15 is 0 Å². The molecule has 0 heterocycles. The Balaban J connectivity index is 2.74. The van der Waals surface area contributed by atoms with Crippen LogP contribution in [-0.4, -0.2) is 20.6 Å². The van der Waals surface area contributed by atoms with Crippen molar-refractivity contribution < 1.29 is 0 Å². The SMILES string of the molecule is C=C(C)CN(C)c1ccc(C(C)NC)cc1. The molecule has 0 aliphatic rings. The highest BCUT2D eigenvalue weighted by molar-refractivity contribution is 5.48. The van der Waals surface area contributed by atoms with E-state index in [0.717, 1.165) is 6.54 Å². The molecule has 0 saturated heterocycles. The molecule has 0 amide bonds. The highest BCUT2D eigenvalue weighted by Gasteiger charge is 2.04. The minimum atomic E-state index is 0.403. The van der Waals surface area contributed by atoms with Crippen LogP contribution in [0.4, 0.5) is 5.69 Å². The zero-order valence-electron chi connectivity index (χ0n) is 10.7. The maximum Gasteiger partial charge on any atom is 0.0380 e. The second kappa shape index (κ2) is 5.71. The third kappa shape index (κ3) is 3.38. The molecule has 2 nitrogen and oxygen atoms in total. The molecule has 1 N–H and O–H groups in total. The molecule has 0 bridgehead atoms. The number of anilines is 1. The van der Waals surface area contributed by atoms with E-state index in [9.17, 15) is 0 Å². The normalized spacial score (nSPS) is 12.2. The molecule has 0 aromatic heterocycles. The van der Waals surface area contributed by atoms with Crippen LogP contribution in [0.15, 0.2) is 36.4 Å². The maximum atomic E-state index is 3.93. The Bertz CT molecular complexity index is 340. The topological polar surface area (TPSA) is 15.3 Å². The highest BCUT2D eigenvalue weighted by Crippen LogP contribution is 2.18. The smallest absolute Gasteiger partial charge is 0.0380 e. The van der Waals surface area contributed by atoms with E-state index in [2.05, 4.69) is 55.0 Å². The van der Waals surface area contributed by atoms with Gasteiger partial charge in [0.2, 0.25) is 0 Å². The van der Waals surface area contributed by atoms with Gasteiger partial charge in [0, 0.05) is 25.3 Å². The summed E-state index contributed by atoms with van der Waals surface area (Å²) < 4.78 is 0. The van der Waals surface area contributed by atoms with Crippen LogP contribution in [0.1, 0.15) is 25.5 Å². The average molecular weight is 218 g/mol. The lowest BCUT2D eigenvalue weighted by molar-refractivity contribution is 0.652. The Morgan fingerprint density at radius 1 is 1.38 bits per heavy atom. The first-order chi connectivity index (χ1) is 7.54. The molecule has 0 saturated carbocycles. The van der Waals surface area contributed by atoms with Gasteiger partial charge in [-0.25, -0.2) is 0 Å². The van der Waals surface area contributed by atoms with Crippen molar-refractivity contribution in [2.75, 3.05) is 25.5 Å². The molecule has 0 aliphatic carbocycles. The number of rotatable bonds is 5. The summed E-state index contributed by atoms with van der Waals surface area (Å²) in [6, 6.07) is 9.07. The van der Waals surface area contributed by atoms with Crippen LogP contribution in [0, 0.1) is 0 Å². The van der Waals surface area contributed by atoms with Crippen LogP contribution >= 0.6 is 0 Å². The lowest BCUT2D eigenvalue weighted by atomic mass is 10.1. The predicted octanol–water partition coefficient (Wildman–Crippen LogP) is 2.98. The Hall–Kier alpha value is -1.28. The van der Waals surface area contributed by atoms with Crippen molar-refractivity contribution in [3.63, 3.8) is 0 Å². The van der Waals surface area contributed by atoms with Crippen LogP contribution < -0.4 is 10.2 Å². The summed E-state index contributed by atoms with van der Waals surface area (Å²) in [7, 11) is 4.07. The van der Waals surface area contributed by atoms with Crippen molar-refractivity contribution in [3.8, 4) is 0 Å². The fraction of sp³-hybridized carbons (Fsp3) is 0.429. The van der Waals surface area contributed by atoms with E-state index in [1.165, 1.54) is 16.8 Å². The zero-order valence-corrected chi connectivity index (χ0v) is 10.7. The monoisotopic (exact) mass is 218 g/mol. The van der Waals surface area contributed by atoms with Crippen molar-refractivity contribution in [3.05, 3.63) is 42.0 Å². The first kappa shape index (κ1) is 12.8. The molecule has 0 fully saturated rings. The van der Waals surface area contributed by atoms with Crippen molar-refractivity contribution in [1.29, 1.82) is 0 Å². The average Bonchev–Trinajstić information content (AvgIpc) is 2.27. The van der Waals surface area contributed by atoms with Gasteiger partial charge in [0.25, 0.3) is 0 Å². The summed E-state index contributed by atoms with van der Waals surface area (Å²) in [5.74, 6) is 0. The van der Waals surface area contributed by atoms with Crippen molar-refractivity contribution >= 4 is 5.69 Å². The summed E-state index contributed by atoms with van der Waals surface area (Å²) in [6.45, 7) is 9.04. The Morgan fingerprint density at radius 3 is 2.38 bits per heavy atom. The highest BCUT2D eigenvalue weighted by atomic mass is 15.1. The largest absolute Gasteiger partial charge is 0.371 e. The minimum absolute atomic E-state index is 0.403. The summed E-state index contributed by atoms with van der Waals surface area (Å²) >= 11 is 0. The fourth-order valence-electron chi connectivity index (χ4n) is 1.68. The van der Waals surface area contributed by atoms with E-state index in [1.807, 2.05) is 14.0 Å². The van der Waals surface area contributed by atoms with Crippen molar-refractivity contribution in [2.24, 2.45) is 0 Å². The van der Waals surface area contributed by atoms with Gasteiger partial charge in [-0.1, -0.05) is 24.3 Å². The van der Waals surface area contributed by atoms with Crippen LogP contribution in [-0.2, 0) is 0 Å².